The number of hydrogen-bond donors (Lipinski definition) is 1. The van der Waals surface area contributed by atoms with Crippen molar-refractivity contribution in [3.63, 3.8) is 0 Å². The van der Waals surface area contributed by atoms with Crippen LogP contribution in [0.15, 0.2) is 36.4 Å². The number of carboxylic acids is 1. The number of hydrogen-bond acceptors (Lipinski definition) is 4. The minimum Gasteiger partial charge on any atom is -0.543 e. The van der Waals surface area contributed by atoms with Crippen LogP contribution in [0.25, 0.3) is 17.0 Å². The summed E-state index contributed by atoms with van der Waals surface area (Å²) in [7, 11) is 0. The van der Waals surface area contributed by atoms with Crippen LogP contribution in [0.3, 0.4) is 0 Å². The third-order valence-corrected chi connectivity index (χ3v) is 2.45. The lowest BCUT2D eigenvalue weighted by Crippen LogP contribution is -2.22. The molecule has 17 heavy (non-hydrogen) atoms. The Morgan fingerprint density at radius 2 is 2.00 bits per heavy atom. The highest BCUT2D eigenvalue weighted by Crippen LogP contribution is 2.17. The molecule has 0 bridgehead atoms. The van der Waals surface area contributed by atoms with Crippen molar-refractivity contribution in [1.29, 1.82) is 0 Å². The number of fused-ring (bicyclic) bond motifs is 1. The van der Waals surface area contributed by atoms with Gasteiger partial charge in [-0.3, -0.25) is 5.10 Å². The zero-order chi connectivity index (χ0) is 11.8. The van der Waals surface area contributed by atoms with Gasteiger partial charge in [-0.05, 0) is 0 Å². The summed E-state index contributed by atoms with van der Waals surface area (Å²) in [4.78, 5) is 10.7. The molecular formula is C11H7N4O2-. The quantitative estimate of drug-likeness (QED) is 0.672. The van der Waals surface area contributed by atoms with E-state index >= 15 is 0 Å². The molecule has 2 aromatic heterocycles. The van der Waals surface area contributed by atoms with E-state index in [1.54, 1.807) is 0 Å². The van der Waals surface area contributed by atoms with Gasteiger partial charge in [-0.15, -0.1) is 10.2 Å². The Hall–Kier alpha value is -2.63. The molecule has 0 saturated carbocycles. The van der Waals surface area contributed by atoms with Gasteiger partial charge in [-0.1, -0.05) is 30.3 Å². The van der Waals surface area contributed by atoms with E-state index in [1.807, 2.05) is 30.3 Å². The van der Waals surface area contributed by atoms with Crippen LogP contribution in [-0.2, 0) is 0 Å². The van der Waals surface area contributed by atoms with Crippen LogP contribution in [0.2, 0.25) is 0 Å². The molecule has 0 amide bonds. The smallest absolute Gasteiger partial charge is 0.183 e. The number of carbonyl (C=O) groups excluding carboxylic acids is 1. The summed E-state index contributed by atoms with van der Waals surface area (Å²) in [5.41, 5.74) is 1.28. The zero-order valence-electron chi connectivity index (χ0n) is 8.62. The molecule has 6 heteroatoms. The normalized spacial score (nSPS) is 10.8. The second kappa shape index (κ2) is 3.44. The first-order chi connectivity index (χ1) is 8.25. The molecule has 0 atom stereocenters. The summed E-state index contributed by atoms with van der Waals surface area (Å²) >= 11 is 0. The maximum Gasteiger partial charge on any atom is 0.183 e. The molecule has 1 aromatic carbocycles. The van der Waals surface area contributed by atoms with Gasteiger partial charge in [0, 0.05) is 11.6 Å². The first-order valence-electron chi connectivity index (χ1n) is 4.96. The van der Waals surface area contributed by atoms with Gasteiger partial charge >= 0.3 is 0 Å². The average Bonchev–Trinajstić information content (AvgIpc) is 2.89. The van der Waals surface area contributed by atoms with E-state index in [4.69, 9.17) is 0 Å². The highest BCUT2D eigenvalue weighted by Gasteiger charge is 2.10. The molecule has 3 aromatic rings. The number of carbonyl (C=O) groups is 1. The first-order valence-corrected chi connectivity index (χ1v) is 4.96. The molecule has 0 spiro atoms. The van der Waals surface area contributed by atoms with Crippen molar-refractivity contribution in [2.75, 3.05) is 0 Å². The Labute approximate surface area is 95.5 Å². The van der Waals surface area contributed by atoms with E-state index < -0.39 is 5.97 Å². The van der Waals surface area contributed by atoms with Crippen molar-refractivity contribution in [1.82, 2.24) is 19.8 Å². The van der Waals surface area contributed by atoms with E-state index in [0.717, 1.165) is 5.56 Å². The third-order valence-electron chi connectivity index (χ3n) is 2.45. The van der Waals surface area contributed by atoms with Gasteiger partial charge in [0.25, 0.3) is 0 Å². The van der Waals surface area contributed by atoms with Gasteiger partial charge in [0.05, 0.1) is 11.7 Å². The van der Waals surface area contributed by atoms with Gasteiger partial charge in [-0.2, -0.15) is 0 Å². The molecular weight excluding hydrogens is 220 g/mol. The lowest BCUT2D eigenvalue weighted by molar-refractivity contribution is -0.255. The Morgan fingerprint density at radius 1 is 1.24 bits per heavy atom. The monoisotopic (exact) mass is 227 g/mol. The van der Waals surface area contributed by atoms with E-state index in [1.165, 1.54) is 10.6 Å². The van der Waals surface area contributed by atoms with Crippen molar-refractivity contribution >= 4 is 11.6 Å². The number of nitrogens with one attached hydrogen (secondary N) is 1. The Bertz CT molecular complexity index is 684. The summed E-state index contributed by atoms with van der Waals surface area (Å²) in [6.45, 7) is 0. The molecule has 0 aliphatic rings. The second-order valence-corrected chi connectivity index (χ2v) is 3.54. The maximum atomic E-state index is 10.7. The fraction of sp³-hybridized carbons (Fsp3) is 0. The zero-order valence-corrected chi connectivity index (χ0v) is 8.62. The standard InChI is InChI=1S/C11H8N4O2/c16-11(17)8-6-9-12-13-10(15(9)14-8)7-4-2-1-3-5-7/h1-6,14H,(H,16,17)/p-1. The number of benzene rings is 1. The first kappa shape index (κ1) is 9.59. The second-order valence-electron chi connectivity index (χ2n) is 3.54. The summed E-state index contributed by atoms with van der Waals surface area (Å²) < 4.78 is 1.51. The van der Waals surface area contributed by atoms with Crippen molar-refractivity contribution in [3.05, 3.63) is 42.1 Å². The number of aromatic amines is 1. The molecule has 0 aliphatic carbocycles. The minimum atomic E-state index is -1.27. The van der Waals surface area contributed by atoms with Crippen LogP contribution in [0.5, 0.6) is 0 Å². The predicted molar refractivity (Wildman–Crippen MR) is 57.1 cm³/mol. The highest BCUT2D eigenvalue weighted by molar-refractivity contribution is 5.85. The number of nitrogens with zero attached hydrogens (tertiary/aromatic N) is 3. The summed E-state index contributed by atoms with van der Waals surface area (Å²) in [6.07, 6.45) is 0. The third kappa shape index (κ3) is 1.46. The fourth-order valence-electron chi connectivity index (χ4n) is 1.66. The van der Waals surface area contributed by atoms with Crippen molar-refractivity contribution in [3.8, 4) is 11.4 Å². The number of aromatic carboxylic acids is 1. The van der Waals surface area contributed by atoms with E-state index in [9.17, 15) is 9.90 Å². The number of H-pyrrole nitrogens is 1. The molecule has 3 rings (SSSR count). The Kier molecular flexibility index (Phi) is 1.94. The molecule has 0 unspecified atom stereocenters. The molecule has 6 nitrogen and oxygen atoms in total. The largest absolute Gasteiger partial charge is 0.543 e. The molecule has 1 N–H and O–H groups in total. The Morgan fingerprint density at radius 3 is 2.71 bits per heavy atom. The number of rotatable bonds is 2. The van der Waals surface area contributed by atoms with E-state index in [0.29, 0.717) is 11.5 Å². The van der Waals surface area contributed by atoms with Crippen LogP contribution in [0.4, 0.5) is 0 Å². The number of carboxylic acid groups (broad SMARTS) is 1. The van der Waals surface area contributed by atoms with Crippen LogP contribution in [0, 0.1) is 0 Å². The van der Waals surface area contributed by atoms with Gasteiger partial charge in [0.15, 0.2) is 11.5 Å². The summed E-state index contributed by atoms with van der Waals surface area (Å²) in [5, 5.41) is 21.3. The predicted octanol–water partition coefficient (Wildman–Crippen LogP) is 0.0879. The van der Waals surface area contributed by atoms with Crippen LogP contribution >= 0.6 is 0 Å². The molecule has 0 aliphatic heterocycles. The highest BCUT2D eigenvalue weighted by atomic mass is 16.4. The molecule has 0 fully saturated rings. The van der Waals surface area contributed by atoms with Crippen molar-refractivity contribution in [2.24, 2.45) is 0 Å². The topological polar surface area (TPSA) is 86.1 Å². The van der Waals surface area contributed by atoms with Crippen LogP contribution in [0.1, 0.15) is 10.5 Å². The molecule has 0 saturated heterocycles. The summed E-state index contributed by atoms with van der Waals surface area (Å²) in [6, 6.07) is 10.8. The van der Waals surface area contributed by atoms with Gasteiger partial charge in [0.2, 0.25) is 0 Å². The maximum absolute atomic E-state index is 10.7. The minimum absolute atomic E-state index is 0.0212. The lowest BCUT2D eigenvalue weighted by atomic mass is 10.2. The summed E-state index contributed by atoms with van der Waals surface area (Å²) in [5.74, 6) is -0.706. The van der Waals surface area contributed by atoms with Gasteiger partial charge < -0.3 is 9.90 Å². The van der Waals surface area contributed by atoms with E-state index in [2.05, 4.69) is 15.3 Å². The molecule has 84 valence electrons. The average molecular weight is 227 g/mol. The lowest BCUT2D eigenvalue weighted by Gasteiger charge is -1.98. The van der Waals surface area contributed by atoms with Gasteiger partial charge in [-0.25, -0.2) is 4.52 Å². The molecule has 0 radical (unpaired) electrons. The number of aromatic nitrogens is 4. The van der Waals surface area contributed by atoms with E-state index in [-0.39, 0.29) is 5.69 Å². The van der Waals surface area contributed by atoms with Crippen LogP contribution in [-0.4, -0.2) is 25.8 Å². The van der Waals surface area contributed by atoms with Crippen LogP contribution < -0.4 is 5.11 Å². The fourth-order valence-corrected chi connectivity index (χ4v) is 1.66. The molecule has 2 heterocycles. The SMILES string of the molecule is O=C([O-])c1cc2nnc(-c3ccccc3)n2[nH]1. The Balaban J connectivity index is 2.21. The van der Waals surface area contributed by atoms with Crippen molar-refractivity contribution < 1.29 is 9.90 Å². The van der Waals surface area contributed by atoms with Gasteiger partial charge in [0.1, 0.15) is 0 Å². The van der Waals surface area contributed by atoms with Crippen molar-refractivity contribution in [2.45, 2.75) is 0 Å².